The van der Waals surface area contributed by atoms with Crippen LogP contribution in [0.5, 0.6) is 0 Å². The Morgan fingerprint density at radius 1 is 1.50 bits per heavy atom. The molecule has 0 fully saturated rings. The number of likely N-dealkylation sites (N-methyl/N-ethyl adjacent to an activating group) is 1. The summed E-state index contributed by atoms with van der Waals surface area (Å²) in [6, 6.07) is 5.45. The van der Waals surface area contributed by atoms with Gasteiger partial charge >= 0.3 is 5.97 Å². The van der Waals surface area contributed by atoms with Crippen molar-refractivity contribution in [1.82, 2.24) is 0 Å². The predicted octanol–water partition coefficient (Wildman–Crippen LogP) is 3.30. The van der Waals surface area contributed by atoms with Gasteiger partial charge in [-0.05, 0) is 37.6 Å². The quantitative estimate of drug-likeness (QED) is 0.785. The maximum atomic E-state index is 10.5. The molecule has 0 radical (unpaired) electrons. The van der Waals surface area contributed by atoms with Crippen molar-refractivity contribution in [3.05, 3.63) is 34.9 Å². The van der Waals surface area contributed by atoms with Crippen molar-refractivity contribution in [3.8, 4) is 0 Å². The molecule has 0 atom stereocenters. The molecule has 20 heavy (non-hydrogen) atoms. The lowest BCUT2D eigenvalue weighted by Crippen LogP contribution is -2.24. The molecule has 0 saturated heterocycles. The van der Waals surface area contributed by atoms with E-state index in [2.05, 4.69) is 0 Å². The van der Waals surface area contributed by atoms with Gasteiger partial charge in [-0.1, -0.05) is 17.7 Å². The summed E-state index contributed by atoms with van der Waals surface area (Å²) in [6.07, 6.45) is 2.81. The standard InChI is InChI=1S/C15H20ClNO3/c1-11(2)20-9-8-17(3)14-6-4-12(10-13(14)16)5-7-15(18)19/h4-7,10-11H,8-9H2,1-3H3,(H,18,19)/b7-5+. The molecule has 0 bridgehead atoms. The molecule has 110 valence electrons. The van der Waals surface area contributed by atoms with Crippen molar-refractivity contribution in [3.63, 3.8) is 0 Å². The second kappa shape index (κ2) is 7.92. The van der Waals surface area contributed by atoms with Crippen molar-refractivity contribution >= 4 is 29.3 Å². The van der Waals surface area contributed by atoms with Crippen LogP contribution in [0, 0.1) is 0 Å². The number of hydrogen-bond donors (Lipinski definition) is 1. The Hall–Kier alpha value is -1.52. The first-order chi connectivity index (χ1) is 9.40. The Kier molecular flexibility index (Phi) is 6.55. The van der Waals surface area contributed by atoms with Crippen molar-refractivity contribution in [2.24, 2.45) is 0 Å². The summed E-state index contributed by atoms with van der Waals surface area (Å²) in [5.74, 6) is -0.979. The molecule has 0 heterocycles. The fraction of sp³-hybridized carbons (Fsp3) is 0.400. The van der Waals surface area contributed by atoms with Gasteiger partial charge in [-0.2, -0.15) is 0 Å². The van der Waals surface area contributed by atoms with E-state index in [-0.39, 0.29) is 6.10 Å². The highest BCUT2D eigenvalue weighted by atomic mass is 35.5. The third-order valence-electron chi connectivity index (χ3n) is 2.68. The zero-order valence-corrected chi connectivity index (χ0v) is 12.7. The summed E-state index contributed by atoms with van der Waals surface area (Å²) in [6.45, 7) is 5.36. The van der Waals surface area contributed by atoms with E-state index in [4.69, 9.17) is 21.4 Å². The van der Waals surface area contributed by atoms with Crippen LogP contribution in [0.2, 0.25) is 5.02 Å². The summed E-state index contributed by atoms with van der Waals surface area (Å²) in [5.41, 5.74) is 1.65. The first kappa shape index (κ1) is 16.5. The van der Waals surface area contributed by atoms with Crippen LogP contribution < -0.4 is 4.90 Å². The molecule has 0 aliphatic heterocycles. The largest absolute Gasteiger partial charge is 0.478 e. The molecule has 0 aromatic heterocycles. The number of ether oxygens (including phenoxy) is 1. The summed E-state index contributed by atoms with van der Waals surface area (Å²) < 4.78 is 5.50. The fourth-order valence-corrected chi connectivity index (χ4v) is 1.98. The maximum Gasteiger partial charge on any atom is 0.328 e. The normalized spacial score (nSPS) is 11.2. The highest BCUT2D eigenvalue weighted by Gasteiger charge is 2.07. The number of aliphatic carboxylic acids is 1. The number of carboxylic acid groups (broad SMARTS) is 1. The van der Waals surface area contributed by atoms with E-state index in [1.165, 1.54) is 6.08 Å². The SMILES string of the molecule is CC(C)OCCN(C)c1ccc(/C=C/C(=O)O)cc1Cl. The van der Waals surface area contributed by atoms with E-state index in [9.17, 15) is 4.79 Å². The zero-order chi connectivity index (χ0) is 15.1. The summed E-state index contributed by atoms with van der Waals surface area (Å²) in [4.78, 5) is 12.5. The Morgan fingerprint density at radius 2 is 2.20 bits per heavy atom. The number of carboxylic acids is 1. The van der Waals surface area contributed by atoms with Gasteiger partial charge in [0.1, 0.15) is 0 Å². The average molecular weight is 298 g/mol. The van der Waals surface area contributed by atoms with Gasteiger partial charge in [0.15, 0.2) is 0 Å². The molecule has 0 saturated carbocycles. The predicted molar refractivity (Wildman–Crippen MR) is 82.5 cm³/mol. The topological polar surface area (TPSA) is 49.8 Å². The number of carbonyl (C=O) groups is 1. The van der Waals surface area contributed by atoms with E-state index in [0.29, 0.717) is 11.6 Å². The van der Waals surface area contributed by atoms with Gasteiger partial charge in [-0.25, -0.2) is 4.79 Å². The lowest BCUT2D eigenvalue weighted by Gasteiger charge is -2.21. The number of hydrogen-bond acceptors (Lipinski definition) is 3. The molecule has 0 amide bonds. The van der Waals surface area contributed by atoms with Crippen LogP contribution in [0.3, 0.4) is 0 Å². The van der Waals surface area contributed by atoms with E-state index in [0.717, 1.165) is 23.9 Å². The lowest BCUT2D eigenvalue weighted by atomic mass is 10.2. The summed E-state index contributed by atoms with van der Waals surface area (Å²) >= 11 is 6.22. The number of anilines is 1. The van der Waals surface area contributed by atoms with E-state index in [1.54, 1.807) is 6.07 Å². The Bertz CT molecular complexity index is 486. The van der Waals surface area contributed by atoms with Gasteiger partial charge in [0.05, 0.1) is 23.4 Å². The Balaban J connectivity index is 2.69. The minimum atomic E-state index is -0.979. The molecular formula is C15H20ClNO3. The molecule has 1 rings (SSSR count). The lowest BCUT2D eigenvalue weighted by molar-refractivity contribution is -0.131. The zero-order valence-electron chi connectivity index (χ0n) is 12.0. The summed E-state index contributed by atoms with van der Waals surface area (Å²) in [7, 11) is 1.94. The second-order valence-electron chi connectivity index (χ2n) is 4.72. The summed E-state index contributed by atoms with van der Waals surface area (Å²) in [5, 5.41) is 9.17. The third kappa shape index (κ3) is 5.63. The van der Waals surface area contributed by atoms with Crippen LogP contribution in [-0.4, -0.2) is 37.4 Å². The third-order valence-corrected chi connectivity index (χ3v) is 2.98. The van der Waals surface area contributed by atoms with Gasteiger partial charge in [-0.15, -0.1) is 0 Å². The van der Waals surface area contributed by atoms with Gasteiger partial charge in [0.2, 0.25) is 0 Å². The average Bonchev–Trinajstić information content (AvgIpc) is 2.35. The molecule has 1 aromatic carbocycles. The first-order valence-electron chi connectivity index (χ1n) is 6.43. The number of nitrogens with zero attached hydrogens (tertiary/aromatic N) is 1. The van der Waals surface area contributed by atoms with Gasteiger partial charge in [0, 0.05) is 19.7 Å². The number of halogens is 1. The number of benzene rings is 1. The molecule has 0 spiro atoms. The van der Waals surface area contributed by atoms with Crippen molar-refractivity contribution in [2.75, 3.05) is 25.1 Å². The highest BCUT2D eigenvalue weighted by Crippen LogP contribution is 2.26. The molecule has 4 nitrogen and oxygen atoms in total. The van der Waals surface area contributed by atoms with E-state index < -0.39 is 5.97 Å². The Morgan fingerprint density at radius 3 is 2.75 bits per heavy atom. The van der Waals surface area contributed by atoms with Crippen molar-refractivity contribution in [1.29, 1.82) is 0 Å². The van der Waals surface area contributed by atoms with Crippen LogP contribution in [-0.2, 0) is 9.53 Å². The van der Waals surface area contributed by atoms with Crippen molar-refractivity contribution in [2.45, 2.75) is 20.0 Å². The van der Waals surface area contributed by atoms with Crippen molar-refractivity contribution < 1.29 is 14.6 Å². The monoisotopic (exact) mass is 297 g/mol. The van der Waals surface area contributed by atoms with Crippen LogP contribution in [0.4, 0.5) is 5.69 Å². The number of rotatable bonds is 7. The van der Waals surface area contributed by atoms with Gasteiger partial charge in [0.25, 0.3) is 0 Å². The highest BCUT2D eigenvalue weighted by molar-refractivity contribution is 6.33. The molecule has 1 N–H and O–H groups in total. The smallest absolute Gasteiger partial charge is 0.328 e. The first-order valence-corrected chi connectivity index (χ1v) is 6.81. The van der Waals surface area contributed by atoms with Crippen LogP contribution in [0.25, 0.3) is 6.08 Å². The van der Waals surface area contributed by atoms with E-state index >= 15 is 0 Å². The fourth-order valence-electron chi connectivity index (χ4n) is 1.65. The van der Waals surface area contributed by atoms with E-state index in [1.807, 2.05) is 37.9 Å². The molecule has 1 aromatic rings. The molecule has 0 aliphatic rings. The molecule has 0 unspecified atom stereocenters. The van der Waals surface area contributed by atoms with Crippen LogP contribution in [0.1, 0.15) is 19.4 Å². The van der Waals surface area contributed by atoms with Gasteiger partial charge in [-0.3, -0.25) is 0 Å². The molecular weight excluding hydrogens is 278 g/mol. The minimum absolute atomic E-state index is 0.211. The molecule has 5 heteroatoms. The van der Waals surface area contributed by atoms with Gasteiger partial charge < -0.3 is 14.7 Å². The molecule has 0 aliphatic carbocycles. The maximum absolute atomic E-state index is 10.5. The minimum Gasteiger partial charge on any atom is -0.478 e. The van der Waals surface area contributed by atoms with Crippen LogP contribution in [0.15, 0.2) is 24.3 Å². The Labute approximate surface area is 124 Å². The second-order valence-corrected chi connectivity index (χ2v) is 5.13. The van der Waals surface area contributed by atoms with Crippen LogP contribution >= 0.6 is 11.6 Å².